The van der Waals surface area contributed by atoms with E-state index in [0.29, 0.717) is 38.1 Å². The first kappa shape index (κ1) is 50.8. The molecule has 4 amide bonds. The van der Waals surface area contributed by atoms with E-state index in [9.17, 15) is 29.1 Å². The molecule has 340 valence electrons. The number of likely N-dealkylation sites (N-methyl/N-ethyl adjacent to an activating group) is 2. The molecule has 1 heterocycles. The van der Waals surface area contributed by atoms with Gasteiger partial charge in [0, 0.05) is 40.8 Å². The van der Waals surface area contributed by atoms with Crippen molar-refractivity contribution in [1.29, 1.82) is 0 Å². The average molecular weight is 853 g/mol. The summed E-state index contributed by atoms with van der Waals surface area (Å²) in [6.45, 7) is 14.4. The Morgan fingerprint density at radius 2 is 1.51 bits per heavy atom. The molecule has 5 N–H and O–H groups in total. The lowest BCUT2D eigenvalue weighted by atomic mass is 9.89. The van der Waals surface area contributed by atoms with E-state index in [1.807, 2.05) is 96.0 Å². The third-order valence-corrected chi connectivity index (χ3v) is 12.3. The molecule has 3 rings (SSSR count). The van der Waals surface area contributed by atoms with Gasteiger partial charge < -0.3 is 39.9 Å². The normalized spacial score (nSPS) is 18.1. The Kier molecular flexibility index (Phi) is 20.1. The molecule has 0 radical (unpaired) electrons. The van der Waals surface area contributed by atoms with Crippen LogP contribution in [0.3, 0.4) is 0 Å². The first-order chi connectivity index (χ1) is 28.9. The lowest BCUT2D eigenvalue weighted by molar-refractivity contribution is -0.148. The van der Waals surface area contributed by atoms with Crippen LogP contribution in [-0.4, -0.2) is 127 Å². The van der Waals surface area contributed by atoms with Crippen LogP contribution >= 0.6 is 0 Å². The smallest absolute Gasteiger partial charge is 0.326 e. The molecule has 15 nitrogen and oxygen atoms in total. The number of nitrogens with one attached hydrogen (secondary N) is 2. The van der Waals surface area contributed by atoms with E-state index >= 15 is 0 Å². The van der Waals surface area contributed by atoms with Crippen LogP contribution in [0.15, 0.2) is 54.6 Å². The van der Waals surface area contributed by atoms with Gasteiger partial charge in [0.05, 0.1) is 42.7 Å². The number of amides is 4. The van der Waals surface area contributed by atoms with E-state index < -0.39 is 60.2 Å². The van der Waals surface area contributed by atoms with Gasteiger partial charge in [-0.15, -0.1) is 0 Å². The molecule has 0 spiro atoms. The number of hydrogen-bond donors (Lipinski definition) is 4. The Morgan fingerprint density at radius 3 is 2.03 bits per heavy atom. The van der Waals surface area contributed by atoms with Gasteiger partial charge in [-0.1, -0.05) is 97.4 Å². The van der Waals surface area contributed by atoms with E-state index in [0.717, 1.165) is 11.1 Å². The third kappa shape index (κ3) is 13.7. The summed E-state index contributed by atoms with van der Waals surface area (Å²) >= 11 is 0. The minimum absolute atomic E-state index is 0.0356. The topological polar surface area (TPSA) is 193 Å². The van der Waals surface area contributed by atoms with Gasteiger partial charge in [-0.05, 0) is 60.9 Å². The maximum absolute atomic E-state index is 14.5. The molecule has 0 bridgehead atoms. The molecular weight excluding hydrogens is 781 g/mol. The van der Waals surface area contributed by atoms with Crippen molar-refractivity contribution in [1.82, 2.24) is 25.3 Å². The number of carbonyl (C=O) groups is 5. The van der Waals surface area contributed by atoms with Gasteiger partial charge in [0.15, 0.2) is 0 Å². The zero-order chi connectivity index (χ0) is 45.6. The predicted octanol–water partition coefficient (Wildman–Crippen LogP) is 4.27. The van der Waals surface area contributed by atoms with Crippen LogP contribution in [0.25, 0.3) is 0 Å². The molecule has 1 aliphatic rings. The molecule has 1 fully saturated rings. The largest absolute Gasteiger partial charge is 0.480 e. The summed E-state index contributed by atoms with van der Waals surface area (Å²) in [4.78, 5) is 78.7. The number of ether oxygens (including phenoxy) is 2. The number of aliphatic carboxylic acids is 1. The van der Waals surface area contributed by atoms with Crippen LogP contribution < -0.4 is 21.4 Å². The zero-order valence-corrected chi connectivity index (χ0v) is 38.1. The minimum Gasteiger partial charge on any atom is -0.480 e. The van der Waals surface area contributed by atoms with E-state index in [1.54, 1.807) is 35.9 Å². The zero-order valence-electron chi connectivity index (χ0n) is 38.1. The SMILES string of the molecule is CCC(C)[C@@H]([C@@H](CC(=O)N1CCC[C@H]1[C@H](OC)[C@@H](C)C(=O)NC(Cc1ccccc1)C(=O)O)OC)N(C)C(=O)[C@@H](NC(=O)[C@H](C(C)C)N(C)Cc1ccc(ON)cc1)C(C)C. The maximum Gasteiger partial charge on any atom is 0.326 e. The van der Waals surface area contributed by atoms with Crippen LogP contribution in [-0.2, 0) is 46.4 Å². The van der Waals surface area contributed by atoms with Gasteiger partial charge in [0.2, 0.25) is 23.6 Å². The number of carbonyl (C=O) groups excluding carboxylic acids is 4. The number of hydrogen-bond acceptors (Lipinski definition) is 10. The maximum atomic E-state index is 14.5. The molecule has 61 heavy (non-hydrogen) atoms. The highest BCUT2D eigenvalue weighted by Gasteiger charge is 2.43. The Balaban J connectivity index is 1.78. The Hall–Kier alpha value is -4.57. The van der Waals surface area contributed by atoms with Gasteiger partial charge in [-0.25, -0.2) is 4.79 Å². The number of benzene rings is 2. The first-order valence-corrected chi connectivity index (χ1v) is 21.5. The van der Waals surface area contributed by atoms with Crippen molar-refractivity contribution >= 4 is 29.6 Å². The van der Waals surface area contributed by atoms with E-state index in [1.165, 1.54) is 14.2 Å². The van der Waals surface area contributed by atoms with E-state index in [4.69, 9.17) is 20.2 Å². The number of likely N-dealkylation sites (tertiary alicyclic amines) is 1. The van der Waals surface area contributed by atoms with Crippen LogP contribution in [0.2, 0.25) is 0 Å². The number of nitrogens with two attached hydrogens (primary N) is 1. The summed E-state index contributed by atoms with van der Waals surface area (Å²) in [5.74, 6) is 2.28. The second-order valence-electron chi connectivity index (χ2n) is 17.3. The second-order valence-corrected chi connectivity index (χ2v) is 17.3. The highest BCUT2D eigenvalue weighted by molar-refractivity contribution is 5.90. The summed E-state index contributed by atoms with van der Waals surface area (Å²) in [5, 5.41) is 15.7. The Labute approximate surface area is 363 Å². The molecule has 1 aliphatic heterocycles. The summed E-state index contributed by atoms with van der Waals surface area (Å²) in [7, 11) is 6.62. The van der Waals surface area contributed by atoms with Crippen molar-refractivity contribution in [3.05, 3.63) is 65.7 Å². The first-order valence-electron chi connectivity index (χ1n) is 21.5. The van der Waals surface area contributed by atoms with Crippen molar-refractivity contribution in [2.45, 2.75) is 130 Å². The van der Waals surface area contributed by atoms with E-state index in [2.05, 4.69) is 10.6 Å². The molecule has 0 aromatic heterocycles. The summed E-state index contributed by atoms with van der Waals surface area (Å²) in [6, 6.07) is 12.9. The number of methoxy groups -OCH3 is 2. The van der Waals surface area contributed by atoms with Gasteiger partial charge >= 0.3 is 5.97 Å². The van der Waals surface area contributed by atoms with Crippen molar-refractivity contribution in [2.75, 3.05) is 34.9 Å². The molecular formula is C46H72N6O9. The molecule has 9 atom stereocenters. The van der Waals surface area contributed by atoms with Crippen molar-refractivity contribution in [3.8, 4) is 5.75 Å². The average Bonchev–Trinajstić information content (AvgIpc) is 3.72. The minimum atomic E-state index is -1.15. The van der Waals surface area contributed by atoms with Crippen LogP contribution in [0.4, 0.5) is 0 Å². The van der Waals surface area contributed by atoms with Crippen LogP contribution in [0.5, 0.6) is 5.75 Å². The number of nitrogens with zero attached hydrogens (tertiary/aromatic N) is 3. The quantitative estimate of drug-likeness (QED) is 0.110. The lowest BCUT2D eigenvalue weighted by Gasteiger charge is -2.41. The number of carboxylic acids is 1. The summed E-state index contributed by atoms with van der Waals surface area (Å²) in [6.07, 6.45) is 0.670. The van der Waals surface area contributed by atoms with Crippen LogP contribution in [0, 0.1) is 23.7 Å². The molecule has 2 aromatic carbocycles. The van der Waals surface area contributed by atoms with E-state index in [-0.39, 0.29) is 48.3 Å². The summed E-state index contributed by atoms with van der Waals surface area (Å²) < 4.78 is 11.9. The van der Waals surface area contributed by atoms with Crippen molar-refractivity contribution in [3.63, 3.8) is 0 Å². The van der Waals surface area contributed by atoms with Gasteiger partial charge in [-0.3, -0.25) is 24.1 Å². The fraction of sp³-hybridized carbons (Fsp3) is 0.630. The number of rotatable bonds is 24. The fourth-order valence-corrected chi connectivity index (χ4v) is 8.70. The third-order valence-electron chi connectivity index (χ3n) is 12.3. The van der Waals surface area contributed by atoms with Crippen LogP contribution in [0.1, 0.15) is 85.3 Å². The standard InChI is InChI=1S/C46H72N6O9/c1-12-30(6)41(51(9)45(56)39(28(2)3)49-44(55)40(29(4)5)50(8)27-33-20-22-34(61-47)23-21-33)37(59-10)26-38(53)52-24-16-19-36(52)42(60-11)31(7)43(54)48-35(46(57)58)25-32-17-14-13-15-18-32/h13-15,17-18,20-23,28-31,35-37,39-42H,12,16,19,24-27,47H2,1-11H3,(H,48,54)(H,49,55)(H,57,58)/t30?,31-,35?,36+,37-,39+,40+,41+,42-/m1/s1. The fourth-order valence-electron chi connectivity index (χ4n) is 8.70. The molecule has 2 aromatic rings. The highest BCUT2D eigenvalue weighted by Crippen LogP contribution is 2.30. The second kappa shape index (κ2) is 24.2. The van der Waals surface area contributed by atoms with Crippen molar-refractivity contribution in [2.24, 2.45) is 29.6 Å². The van der Waals surface area contributed by atoms with Crippen molar-refractivity contribution < 1.29 is 43.4 Å². The molecule has 15 heteroatoms. The monoisotopic (exact) mass is 853 g/mol. The predicted molar refractivity (Wildman–Crippen MR) is 234 cm³/mol. The molecule has 2 unspecified atom stereocenters. The Morgan fingerprint density at radius 1 is 0.869 bits per heavy atom. The lowest BCUT2D eigenvalue weighted by Crippen LogP contribution is -2.60. The highest BCUT2D eigenvalue weighted by atomic mass is 16.6. The Bertz CT molecular complexity index is 1710. The molecule has 0 saturated carbocycles. The van der Waals surface area contributed by atoms with Gasteiger partial charge in [-0.2, -0.15) is 5.90 Å². The molecule has 0 aliphatic carbocycles. The summed E-state index contributed by atoms with van der Waals surface area (Å²) in [5.41, 5.74) is 1.75. The molecule has 1 saturated heterocycles. The number of carboxylic acid groups (broad SMARTS) is 1. The van der Waals surface area contributed by atoms with Gasteiger partial charge in [0.1, 0.15) is 17.8 Å². The van der Waals surface area contributed by atoms with Gasteiger partial charge in [0.25, 0.3) is 0 Å².